The standard InChI is InChI=1S/C17H23NO3/c1-11(17(2,3)4)9-15(19)18-8-7-12-5-6-13(16(20)21)10-14(12)18/h5-6,10-11H,7-9H2,1-4H3,(H,20,21). The van der Waals surface area contributed by atoms with E-state index in [1.165, 1.54) is 0 Å². The van der Waals surface area contributed by atoms with Crippen molar-refractivity contribution in [1.82, 2.24) is 0 Å². The molecule has 1 aliphatic rings. The molecular weight excluding hydrogens is 266 g/mol. The number of aromatic carboxylic acids is 1. The molecule has 21 heavy (non-hydrogen) atoms. The lowest BCUT2D eigenvalue weighted by molar-refractivity contribution is -0.120. The van der Waals surface area contributed by atoms with E-state index < -0.39 is 5.97 Å². The zero-order valence-electron chi connectivity index (χ0n) is 13.1. The Morgan fingerprint density at radius 1 is 1.33 bits per heavy atom. The molecule has 1 heterocycles. The van der Waals surface area contributed by atoms with Crippen LogP contribution in [0.3, 0.4) is 0 Å². The molecular formula is C17H23NO3. The molecule has 0 bridgehead atoms. The topological polar surface area (TPSA) is 57.6 Å². The molecule has 0 radical (unpaired) electrons. The third kappa shape index (κ3) is 3.26. The third-order valence-corrected chi connectivity index (χ3v) is 4.49. The van der Waals surface area contributed by atoms with Crippen molar-refractivity contribution < 1.29 is 14.7 Å². The molecule has 1 N–H and O–H groups in total. The smallest absolute Gasteiger partial charge is 0.335 e. The van der Waals surface area contributed by atoms with Crippen molar-refractivity contribution in [2.24, 2.45) is 11.3 Å². The second-order valence-corrected chi connectivity index (χ2v) is 6.92. The van der Waals surface area contributed by atoms with Crippen LogP contribution in [0.25, 0.3) is 0 Å². The van der Waals surface area contributed by atoms with Gasteiger partial charge in [-0.3, -0.25) is 4.79 Å². The highest BCUT2D eigenvalue weighted by Gasteiger charge is 2.29. The van der Waals surface area contributed by atoms with E-state index in [0.717, 1.165) is 17.7 Å². The van der Waals surface area contributed by atoms with E-state index in [1.807, 2.05) is 6.07 Å². The van der Waals surface area contributed by atoms with Crippen LogP contribution in [0.1, 0.15) is 50.0 Å². The van der Waals surface area contributed by atoms with Crippen LogP contribution in [0.5, 0.6) is 0 Å². The Morgan fingerprint density at radius 3 is 2.57 bits per heavy atom. The lowest BCUT2D eigenvalue weighted by atomic mass is 9.80. The fourth-order valence-electron chi connectivity index (χ4n) is 2.45. The highest BCUT2D eigenvalue weighted by Crippen LogP contribution is 2.33. The number of carboxylic acid groups (broad SMARTS) is 1. The van der Waals surface area contributed by atoms with E-state index in [9.17, 15) is 9.59 Å². The van der Waals surface area contributed by atoms with E-state index in [2.05, 4.69) is 27.7 Å². The molecule has 114 valence electrons. The van der Waals surface area contributed by atoms with Crippen LogP contribution in [-0.2, 0) is 11.2 Å². The van der Waals surface area contributed by atoms with Gasteiger partial charge in [0.05, 0.1) is 5.56 Å². The summed E-state index contributed by atoms with van der Waals surface area (Å²) in [4.78, 5) is 25.3. The number of anilines is 1. The quantitative estimate of drug-likeness (QED) is 0.928. The van der Waals surface area contributed by atoms with Crippen molar-refractivity contribution in [2.45, 2.75) is 40.5 Å². The molecule has 1 aromatic carbocycles. The number of hydrogen-bond acceptors (Lipinski definition) is 2. The van der Waals surface area contributed by atoms with Gasteiger partial charge in [-0.25, -0.2) is 4.79 Å². The first-order chi connectivity index (χ1) is 9.70. The minimum Gasteiger partial charge on any atom is -0.478 e. The Bertz CT molecular complexity index is 572. The second-order valence-electron chi connectivity index (χ2n) is 6.92. The van der Waals surface area contributed by atoms with E-state index in [4.69, 9.17) is 5.11 Å². The summed E-state index contributed by atoms with van der Waals surface area (Å²) in [5.41, 5.74) is 2.14. The van der Waals surface area contributed by atoms with E-state index >= 15 is 0 Å². The zero-order chi connectivity index (χ0) is 15.8. The van der Waals surface area contributed by atoms with Crippen LogP contribution in [0.2, 0.25) is 0 Å². The van der Waals surface area contributed by atoms with Crippen LogP contribution in [0.4, 0.5) is 5.69 Å². The fourth-order valence-corrected chi connectivity index (χ4v) is 2.45. The molecule has 1 aliphatic heterocycles. The SMILES string of the molecule is CC(CC(=O)N1CCc2ccc(C(=O)O)cc21)C(C)(C)C. The van der Waals surface area contributed by atoms with Crippen LogP contribution in [0, 0.1) is 11.3 Å². The summed E-state index contributed by atoms with van der Waals surface area (Å²) in [5, 5.41) is 9.09. The molecule has 1 amide bonds. The number of rotatable bonds is 3. The summed E-state index contributed by atoms with van der Waals surface area (Å²) >= 11 is 0. The van der Waals surface area contributed by atoms with Crippen LogP contribution >= 0.6 is 0 Å². The predicted molar refractivity (Wildman–Crippen MR) is 82.7 cm³/mol. The zero-order valence-corrected chi connectivity index (χ0v) is 13.1. The van der Waals surface area contributed by atoms with Crippen molar-refractivity contribution in [3.8, 4) is 0 Å². The van der Waals surface area contributed by atoms with Gasteiger partial charge in [-0.15, -0.1) is 0 Å². The number of hydrogen-bond donors (Lipinski definition) is 1. The van der Waals surface area contributed by atoms with Crippen molar-refractivity contribution in [3.05, 3.63) is 29.3 Å². The molecule has 0 aromatic heterocycles. The number of fused-ring (bicyclic) bond motifs is 1. The lowest BCUT2D eigenvalue weighted by Gasteiger charge is -2.28. The fraction of sp³-hybridized carbons (Fsp3) is 0.529. The average Bonchev–Trinajstić information content (AvgIpc) is 2.80. The molecule has 2 rings (SSSR count). The largest absolute Gasteiger partial charge is 0.478 e. The van der Waals surface area contributed by atoms with Gasteiger partial charge < -0.3 is 10.0 Å². The molecule has 0 saturated heterocycles. The maximum Gasteiger partial charge on any atom is 0.335 e. The summed E-state index contributed by atoms with van der Waals surface area (Å²) in [5.74, 6) is -0.601. The van der Waals surface area contributed by atoms with Crippen molar-refractivity contribution in [2.75, 3.05) is 11.4 Å². The lowest BCUT2D eigenvalue weighted by Crippen LogP contribution is -2.32. The summed E-state index contributed by atoms with van der Waals surface area (Å²) in [6, 6.07) is 5.04. The van der Waals surface area contributed by atoms with Gasteiger partial charge in [0.15, 0.2) is 0 Å². The first-order valence-corrected chi connectivity index (χ1v) is 7.36. The Hall–Kier alpha value is -1.84. The van der Waals surface area contributed by atoms with E-state index in [1.54, 1.807) is 17.0 Å². The predicted octanol–water partition coefficient (Wildman–Crippen LogP) is 3.35. The number of benzene rings is 1. The molecule has 1 atom stereocenters. The molecule has 0 aliphatic carbocycles. The highest BCUT2D eigenvalue weighted by molar-refractivity contribution is 5.97. The van der Waals surface area contributed by atoms with E-state index in [0.29, 0.717) is 13.0 Å². The first kappa shape index (κ1) is 15.5. The summed E-state index contributed by atoms with van der Waals surface area (Å²) in [6.07, 6.45) is 1.28. The number of nitrogens with zero attached hydrogens (tertiary/aromatic N) is 1. The van der Waals surface area contributed by atoms with Crippen LogP contribution in [0.15, 0.2) is 18.2 Å². The number of amides is 1. The van der Waals surface area contributed by atoms with Gasteiger partial charge >= 0.3 is 5.97 Å². The summed E-state index contributed by atoms with van der Waals surface area (Å²) in [6.45, 7) is 9.12. The average molecular weight is 289 g/mol. The second kappa shape index (κ2) is 5.51. The van der Waals surface area contributed by atoms with Gasteiger partial charge in [0, 0.05) is 18.7 Å². The number of carboxylic acids is 1. The van der Waals surface area contributed by atoms with Crippen molar-refractivity contribution in [1.29, 1.82) is 0 Å². The monoisotopic (exact) mass is 289 g/mol. The van der Waals surface area contributed by atoms with Crippen molar-refractivity contribution in [3.63, 3.8) is 0 Å². The Kier molecular flexibility index (Phi) is 4.08. The van der Waals surface area contributed by atoms with Crippen LogP contribution < -0.4 is 4.90 Å². The van der Waals surface area contributed by atoms with Gasteiger partial charge in [0.25, 0.3) is 0 Å². The highest BCUT2D eigenvalue weighted by atomic mass is 16.4. The summed E-state index contributed by atoms with van der Waals surface area (Å²) < 4.78 is 0. The van der Waals surface area contributed by atoms with E-state index in [-0.39, 0.29) is 22.8 Å². The number of carbonyl (C=O) groups is 2. The molecule has 1 unspecified atom stereocenters. The maximum atomic E-state index is 12.5. The van der Waals surface area contributed by atoms with Gasteiger partial charge in [0.2, 0.25) is 5.91 Å². The van der Waals surface area contributed by atoms with Crippen LogP contribution in [-0.4, -0.2) is 23.5 Å². The normalized spacial score (nSPS) is 15.7. The first-order valence-electron chi connectivity index (χ1n) is 7.36. The van der Waals surface area contributed by atoms with Gasteiger partial charge in [-0.1, -0.05) is 33.8 Å². The molecule has 4 heteroatoms. The minimum absolute atomic E-state index is 0.0821. The van der Waals surface area contributed by atoms with Gasteiger partial charge in [-0.2, -0.15) is 0 Å². The molecule has 4 nitrogen and oxygen atoms in total. The molecule has 0 saturated carbocycles. The molecule has 1 aromatic rings. The Labute approximate surface area is 125 Å². The maximum absolute atomic E-state index is 12.5. The molecule has 0 fully saturated rings. The Morgan fingerprint density at radius 2 is 2.00 bits per heavy atom. The molecule has 0 spiro atoms. The summed E-state index contributed by atoms with van der Waals surface area (Å²) in [7, 11) is 0. The van der Waals surface area contributed by atoms with Gasteiger partial charge in [0.1, 0.15) is 0 Å². The third-order valence-electron chi connectivity index (χ3n) is 4.49. The Balaban J connectivity index is 2.20. The van der Waals surface area contributed by atoms with Gasteiger partial charge in [-0.05, 0) is 35.4 Å². The van der Waals surface area contributed by atoms with Crippen molar-refractivity contribution >= 4 is 17.6 Å². The minimum atomic E-state index is -0.958. The number of carbonyl (C=O) groups excluding carboxylic acids is 1.